The Labute approximate surface area is 207 Å². The van der Waals surface area contributed by atoms with E-state index >= 15 is 0 Å². The number of benzene rings is 2. The number of hydrogen-bond donors (Lipinski definition) is 1. The third kappa shape index (κ3) is 8.75. The monoisotopic (exact) mass is 498 g/mol. The van der Waals surface area contributed by atoms with Crippen LogP contribution in [0.25, 0.3) is 0 Å². The van der Waals surface area contributed by atoms with Crippen molar-refractivity contribution in [1.82, 2.24) is 10.3 Å². The lowest BCUT2D eigenvalue weighted by Crippen LogP contribution is -2.16. The third-order valence-corrected chi connectivity index (χ3v) is 4.79. The van der Waals surface area contributed by atoms with Crippen LogP contribution in [0.1, 0.15) is 23.6 Å². The standard InChI is InChI=1S/C24H27ClN2O3.2ClH/c1-3-29-23-14-19(15-26-13-12-18-4-8-21(28-2)9-5-18)6-10-22(23)30-17-20-7-11-24(25)27-16-20;;/h4-11,14,16,26H,3,12-13,15,17H2,1-2H3;2*1H. The molecule has 5 nitrogen and oxygen atoms in total. The van der Waals surface area contributed by atoms with Gasteiger partial charge in [0, 0.05) is 18.3 Å². The summed E-state index contributed by atoms with van der Waals surface area (Å²) in [6, 6.07) is 17.9. The number of aromatic nitrogens is 1. The van der Waals surface area contributed by atoms with Gasteiger partial charge in [0.2, 0.25) is 0 Å². The summed E-state index contributed by atoms with van der Waals surface area (Å²) in [7, 11) is 1.68. The van der Waals surface area contributed by atoms with Gasteiger partial charge >= 0.3 is 0 Å². The lowest BCUT2D eigenvalue weighted by molar-refractivity contribution is 0.269. The average molecular weight is 500 g/mol. The van der Waals surface area contributed by atoms with Crippen LogP contribution in [0.3, 0.4) is 0 Å². The number of nitrogens with zero attached hydrogens (tertiary/aromatic N) is 1. The molecule has 0 fully saturated rings. The van der Waals surface area contributed by atoms with Crippen molar-refractivity contribution in [1.29, 1.82) is 0 Å². The molecule has 3 aromatic rings. The number of methoxy groups -OCH3 is 1. The molecule has 3 rings (SSSR count). The molecule has 0 saturated heterocycles. The van der Waals surface area contributed by atoms with Gasteiger partial charge in [-0.15, -0.1) is 24.8 Å². The Kier molecular flexibility index (Phi) is 12.9. The van der Waals surface area contributed by atoms with Crippen LogP contribution in [0, 0.1) is 0 Å². The number of nitrogens with one attached hydrogen (secondary N) is 1. The Balaban J connectivity index is 0.00000256. The second kappa shape index (κ2) is 14.8. The van der Waals surface area contributed by atoms with Gasteiger partial charge in [0.25, 0.3) is 0 Å². The minimum absolute atomic E-state index is 0. The van der Waals surface area contributed by atoms with E-state index in [0.29, 0.717) is 24.1 Å². The second-order valence-electron chi connectivity index (χ2n) is 6.77. The lowest BCUT2D eigenvalue weighted by atomic mass is 10.1. The van der Waals surface area contributed by atoms with Crippen molar-refractivity contribution >= 4 is 36.4 Å². The predicted molar refractivity (Wildman–Crippen MR) is 134 cm³/mol. The number of rotatable bonds is 11. The van der Waals surface area contributed by atoms with Crippen molar-refractivity contribution < 1.29 is 14.2 Å². The topological polar surface area (TPSA) is 52.6 Å². The molecule has 8 heteroatoms. The smallest absolute Gasteiger partial charge is 0.161 e. The summed E-state index contributed by atoms with van der Waals surface area (Å²) >= 11 is 5.83. The highest BCUT2D eigenvalue weighted by Gasteiger charge is 2.07. The normalized spacial score (nSPS) is 9.97. The fourth-order valence-electron chi connectivity index (χ4n) is 2.96. The number of halogens is 3. The van der Waals surface area contributed by atoms with Crippen molar-refractivity contribution in [3.05, 3.63) is 82.6 Å². The molecule has 0 aliphatic rings. The SMILES string of the molecule is CCOc1cc(CNCCc2ccc(OC)cc2)ccc1OCc1ccc(Cl)nc1.Cl.Cl. The first-order chi connectivity index (χ1) is 14.7. The summed E-state index contributed by atoms with van der Waals surface area (Å²) in [5.74, 6) is 2.34. The van der Waals surface area contributed by atoms with Crippen molar-refractivity contribution in [3.63, 3.8) is 0 Å². The molecule has 32 heavy (non-hydrogen) atoms. The molecule has 0 amide bonds. The molecule has 1 N–H and O–H groups in total. The van der Waals surface area contributed by atoms with Crippen LogP contribution >= 0.6 is 36.4 Å². The van der Waals surface area contributed by atoms with Crippen LogP contribution in [0.4, 0.5) is 0 Å². The number of ether oxygens (including phenoxy) is 3. The number of pyridine rings is 1. The molecule has 0 aliphatic carbocycles. The number of hydrogen-bond acceptors (Lipinski definition) is 5. The van der Waals surface area contributed by atoms with Crippen molar-refractivity contribution in [2.45, 2.75) is 26.5 Å². The maximum Gasteiger partial charge on any atom is 0.161 e. The summed E-state index contributed by atoms with van der Waals surface area (Å²) in [5.41, 5.74) is 3.37. The molecule has 0 bridgehead atoms. The van der Waals surface area contributed by atoms with E-state index in [1.807, 2.05) is 37.3 Å². The maximum absolute atomic E-state index is 5.93. The largest absolute Gasteiger partial charge is 0.497 e. The zero-order chi connectivity index (χ0) is 21.2. The van der Waals surface area contributed by atoms with E-state index in [-0.39, 0.29) is 24.8 Å². The molecule has 1 aromatic heterocycles. The van der Waals surface area contributed by atoms with E-state index in [1.54, 1.807) is 19.4 Å². The first kappa shape index (κ1) is 27.9. The maximum atomic E-state index is 5.93. The molecule has 0 saturated carbocycles. The summed E-state index contributed by atoms with van der Waals surface area (Å²) in [5, 5.41) is 3.95. The molecule has 0 unspecified atom stereocenters. The van der Waals surface area contributed by atoms with E-state index in [1.165, 1.54) is 5.56 Å². The summed E-state index contributed by atoms with van der Waals surface area (Å²) in [6.07, 6.45) is 2.67. The fraction of sp³-hybridized carbons (Fsp3) is 0.292. The van der Waals surface area contributed by atoms with Crippen molar-refractivity contribution in [2.24, 2.45) is 0 Å². The van der Waals surface area contributed by atoms with Gasteiger partial charge in [-0.05, 0) is 61.3 Å². The Morgan fingerprint density at radius 3 is 2.25 bits per heavy atom. The van der Waals surface area contributed by atoms with Crippen molar-refractivity contribution in [2.75, 3.05) is 20.3 Å². The first-order valence-electron chi connectivity index (χ1n) is 10.0. The van der Waals surface area contributed by atoms with E-state index < -0.39 is 0 Å². The van der Waals surface area contributed by atoms with Crippen LogP contribution in [-0.2, 0) is 19.6 Å². The molecule has 174 valence electrons. The molecule has 2 aromatic carbocycles. The van der Waals surface area contributed by atoms with Gasteiger partial charge in [-0.25, -0.2) is 4.98 Å². The summed E-state index contributed by atoms with van der Waals surface area (Å²) in [4.78, 5) is 4.08. The zero-order valence-electron chi connectivity index (χ0n) is 18.2. The lowest BCUT2D eigenvalue weighted by Gasteiger charge is -2.14. The van der Waals surface area contributed by atoms with E-state index in [0.717, 1.165) is 42.1 Å². The Bertz CT molecular complexity index is 923. The quantitative estimate of drug-likeness (QED) is 0.263. The Morgan fingerprint density at radius 1 is 0.875 bits per heavy atom. The predicted octanol–water partition coefficient (Wildman–Crippen LogP) is 5.90. The zero-order valence-corrected chi connectivity index (χ0v) is 20.6. The Morgan fingerprint density at radius 2 is 1.59 bits per heavy atom. The highest BCUT2D eigenvalue weighted by atomic mass is 35.5. The van der Waals surface area contributed by atoms with Crippen LogP contribution in [-0.4, -0.2) is 25.2 Å². The molecule has 0 radical (unpaired) electrons. The minimum atomic E-state index is 0. The van der Waals surface area contributed by atoms with E-state index in [2.05, 4.69) is 28.5 Å². The van der Waals surface area contributed by atoms with Gasteiger partial charge < -0.3 is 19.5 Å². The highest BCUT2D eigenvalue weighted by molar-refractivity contribution is 6.29. The van der Waals surface area contributed by atoms with Gasteiger partial charge in [-0.3, -0.25) is 0 Å². The van der Waals surface area contributed by atoms with Gasteiger partial charge in [-0.2, -0.15) is 0 Å². The molecule has 0 spiro atoms. The van der Waals surface area contributed by atoms with E-state index in [9.17, 15) is 0 Å². The van der Waals surface area contributed by atoms with Gasteiger partial charge in [0.05, 0.1) is 13.7 Å². The van der Waals surface area contributed by atoms with Crippen LogP contribution in [0.5, 0.6) is 17.2 Å². The molecule has 0 atom stereocenters. The third-order valence-electron chi connectivity index (χ3n) is 4.57. The van der Waals surface area contributed by atoms with Crippen molar-refractivity contribution in [3.8, 4) is 17.2 Å². The van der Waals surface area contributed by atoms with Crippen LogP contribution < -0.4 is 19.5 Å². The molecule has 1 heterocycles. The second-order valence-corrected chi connectivity index (χ2v) is 7.15. The highest BCUT2D eigenvalue weighted by Crippen LogP contribution is 2.29. The minimum Gasteiger partial charge on any atom is -0.497 e. The van der Waals surface area contributed by atoms with Crippen LogP contribution in [0.15, 0.2) is 60.8 Å². The summed E-state index contributed by atoms with van der Waals surface area (Å²) < 4.78 is 16.9. The Hall–Kier alpha value is -2.18. The van der Waals surface area contributed by atoms with E-state index in [4.69, 9.17) is 25.8 Å². The average Bonchev–Trinajstić information content (AvgIpc) is 2.78. The van der Waals surface area contributed by atoms with Gasteiger partial charge in [-0.1, -0.05) is 35.9 Å². The van der Waals surface area contributed by atoms with Gasteiger partial charge in [0.15, 0.2) is 11.5 Å². The van der Waals surface area contributed by atoms with Crippen LogP contribution in [0.2, 0.25) is 5.15 Å². The molecule has 0 aliphatic heterocycles. The summed E-state index contributed by atoms with van der Waals surface area (Å²) in [6.45, 7) is 4.60. The fourth-order valence-corrected chi connectivity index (χ4v) is 3.07. The molecular formula is C24H29Cl3N2O3. The van der Waals surface area contributed by atoms with Gasteiger partial charge in [0.1, 0.15) is 17.5 Å². The molecular weight excluding hydrogens is 471 g/mol. The first-order valence-corrected chi connectivity index (χ1v) is 10.4.